The lowest BCUT2D eigenvalue weighted by molar-refractivity contribution is 0.253. The number of nitrogens with zero attached hydrogens (tertiary/aromatic N) is 1. The molecule has 7 heteroatoms. The highest BCUT2D eigenvalue weighted by molar-refractivity contribution is 7.89. The van der Waals surface area contributed by atoms with Gasteiger partial charge in [0.05, 0.1) is 11.6 Å². The van der Waals surface area contributed by atoms with E-state index < -0.39 is 10.0 Å². The SMILES string of the molecule is CCCN(CCO)S(=O)(=O)c1cc(C)c(Cl)cc1Cl. The van der Waals surface area contributed by atoms with E-state index in [0.29, 0.717) is 23.6 Å². The number of benzene rings is 1. The van der Waals surface area contributed by atoms with E-state index in [0.717, 1.165) is 0 Å². The first-order valence-corrected chi connectivity index (χ1v) is 8.10. The number of hydrogen-bond donors (Lipinski definition) is 1. The zero-order chi connectivity index (χ0) is 14.6. The van der Waals surface area contributed by atoms with Crippen LogP contribution < -0.4 is 0 Å². The van der Waals surface area contributed by atoms with Crippen molar-refractivity contribution in [1.82, 2.24) is 4.31 Å². The number of hydrogen-bond acceptors (Lipinski definition) is 3. The van der Waals surface area contributed by atoms with Crippen molar-refractivity contribution in [3.8, 4) is 0 Å². The van der Waals surface area contributed by atoms with Gasteiger partial charge in [-0.25, -0.2) is 8.42 Å². The zero-order valence-electron chi connectivity index (χ0n) is 10.9. The molecule has 19 heavy (non-hydrogen) atoms. The summed E-state index contributed by atoms with van der Waals surface area (Å²) in [5.41, 5.74) is 0.644. The summed E-state index contributed by atoms with van der Waals surface area (Å²) in [5.74, 6) is 0. The maximum atomic E-state index is 12.5. The average Bonchev–Trinajstić information content (AvgIpc) is 2.33. The Morgan fingerprint density at radius 3 is 2.37 bits per heavy atom. The van der Waals surface area contributed by atoms with Crippen molar-refractivity contribution in [2.45, 2.75) is 25.2 Å². The maximum Gasteiger partial charge on any atom is 0.244 e. The lowest BCUT2D eigenvalue weighted by Crippen LogP contribution is -2.34. The Balaban J connectivity index is 3.28. The molecule has 0 aliphatic heterocycles. The van der Waals surface area contributed by atoms with Crippen LogP contribution in [-0.2, 0) is 10.0 Å². The quantitative estimate of drug-likeness (QED) is 0.874. The number of aliphatic hydroxyl groups is 1. The van der Waals surface area contributed by atoms with Gasteiger partial charge in [0.15, 0.2) is 0 Å². The summed E-state index contributed by atoms with van der Waals surface area (Å²) in [5, 5.41) is 9.50. The Labute approximate surface area is 124 Å². The molecular formula is C12H17Cl2NO3S. The fourth-order valence-electron chi connectivity index (χ4n) is 1.68. The van der Waals surface area contributed by atoms with Crippen molar-refractivity contribution in [1.29, 1.82) is 0 Å². The third kappa shape index (κ3) is 3.83. The van der Waals surface area contributed by atoms with E-state index in [1.54, 1.807) is 6.92 Å². The summed E-state index contributed by atoms with van der Waals surface area (Å²) in [6, 6.07) is 2.88. The first kappa shape index (κ1) is 16.7. The highest BCUT2D eigenvalue weighted by atomic mass is 35.5. The lowest BCUT2D eigenvalue weighted by Gasteiger charge is -2.21. The van der Waals surface area contributed by atoms with Crippen LogP contribution in [0.5, 0.6) is 0 Å². The molecule has 0 amide bonds. The molecule has 0 saturated carbocycles. The third-order valence-corrected chi connectivity index (χ3v) is 5.42. The maximum absolute atomic E-state index is 12.5. The predicted octanol–water partition coefficient (Wildman–Crippen LogP) is 2.69. The van der Waals surface area contributed by atoms with E-state index >= 15 is 0 Å². The first-order valence-electron chi connectivity index (χ1n) is 5.91. The molecule has 1 N–H and O–H groups in total. The number of rotatable bonds is 6. The second kappa shape index (κ2) is 6.90. The standard InChI is InChI=1S/C12H17Cl2NO3S/c1-3-4-15(5-6-16)19(17,18)12-7-9(2)10(13)8-11(12)14/h7-8,16H,3-6H2,1-2H3. The van der Waals surface area contributed by atoms with Gasteiger partial charge in [0.1, 0.15) is 4.90 Å². The first-order chi connectivity index (χ1) is 8.84. The van der Waals surface area contributed by atoms with E-state index in [9.17, 15) is 8.42 Å². The number of aliphatic hydroxyl groups excluding tert-OH is 1. The topological polar surface area (TPSA) is 57.6 Å². The minimum atomic E-state index is -3.71. The predicted molar refractivity (Wildman–Crippen MR) is 77.3 cm³/mol. The summed E-state index contributed by atoms with van der Waals surface area (Å²) in [7, 11) is -3.71. The molecule has 0 saturated heterocycles. The van der Waals surface area contributed by atoms with E-state index in [4.69, 9.17) is 28.3 Å². The number of sulfonamides is 1. The minimum Gasteiger partial charge on any atom is -0.395 e. The van der Waals surface area contributed by atoms with Crippen molar-refractivity contribution in [3.05, 3.63) is 27.7 Å². The van der Waals surface area contributed by atoms with Crippen LogP contribution in [0.1, 0.15) is 18.9 Å². The van der Waals surface area contributed by atoms with Gasteiger partial charge in [-0.15, -0.1) is 0 Å². The Morgan fingerprint density at radius 1 is 1.21 bits per heavy atom. The van der Waals surface area contributed by atoms with Gasteiger partial charge in [-0.05, 0) is 31.0 Å². The third-order valence-electron chi connectivity index (χ3n) is 2.65. The van der Waals surface area contributed by atoms with Crippen LogP contribution in [0.25, 0.3) is 0 Å². The van der Waals surface area contributed by atoms with E-state index in [1.165, 1.54) is 16.4 Å². The molecule has 108 valence electrons. The van der Waals surface area contributed by atoms with Crippen LogP contribution >= 0.6 is 23.2 Å². The van der Waals surface area contributed by atoms with Gasteiger partial charge in [-0.3, -0.25) is 0 Å². The molecule has 0 aliphatic carbocycles. The molecule has 1 rings (SSSR count). The van der Waals surface area contributed by atoms with Crippen LogP contribution in [0, 0.1) is 6.92 Å². The highest BCUT2D eigenvalue weighted by Crippen LogP contribution is 2.30. The Morgan fingerprint density at radius 2 is 1.84 bits per heavy atom. The summed E-state index contributed by atoms with van der Waals surface area (Å²) in [6.07, 6.45) is 0.656. The van der Waals surface area contributed by atoms with Gasteiger partial charge in [0.25, 0.3) is 0 Å². The van der Waals surface area contributed by atoms with Gasteiger partial charge in [0.2, 0.25) is 10.0 Å². The molecule has 0 heterocycles. The van der Waals surface area contributed by atoms with Crippen LogP contribution in [-0.4, -0.2) is 37.5 Å². The summed E-state index contributed by atoms with van der Waals surface area (Å²) >= 11 is 11.9. The molecular weight excluding hydrogens is 309 g/mol. The Bertz CT molecular complexity index is 540. The van der Waals surface area contributed by atoms with Crippen LogP contribution in [0.3, 0.4) is 0 Å². The number of aryl methyl sites for hydroxylation is 1. The summed E-state index contributed by atoms with van der Waals surface area (Å²) < 4.78 is 26.2. The van der Waals surface area contributed by atoms with Crippen molar-refractivity contribution in [3.63, 3.8) is 0 Å². The smallest absolute Gasteiger partial charge is 0.244 e. The van der Waals surface area contributed by atoms with Crippen LogP contribution in [0.15, 0.2) is 17.0 Å². The minimum absolute atomic E-state index is 0.0259. The molecule has 0 atom stereocenters. The molecule has 0 aliphatic rings. The fraction of sp³-hybridized carbons (Fsp3) is 0.500. The van der Waals surface area contributed by atoms with Crippen molar-refractivity contribution >= 4 is 33.2 Å². The Kier molecular flexibility index (Phi) is 6.08. The van der Waals surface area contributed by atoms with Crippen molar-refractivity contribution < 1.29 is 13.5 Å². The molecule has 1 aromatic carbocycles. The van der Waals surface area contributed by atoms with Crippen molar-refractivity contribution in [2.75, 3.05) is 19.7 Å². The van der Waals surface area contributed by atoms with Gasteiger partial charge in [0, 0.05) is 18.1 Å². The van der Waals surface area contributed by atoms with E-state index in [2.05, 4.69) is 0 Å². The highest BCUT2D eigenvalue weighted by Gasteiger charge is 2.26. The molecule has 0 fully saturated rings. The van der Waals surface area contributed by atoms with Gasteiger partial charge < -0.3 is 5.11 Å². The Hall–Kier alpha value is -0.330. The summed E-state index contributed by atoms with van der Waals surface area (Å²) in [4.78, 5) is 0.0259. The average molecular weight is 326 g/mol. The molecule has 1 aromatic rings. The summed E-state index contributed by atoms with van der Waals surface area (Å²) in [6.45, 7) is 3.74. The zero-order valence-corrected chi connectivity index (χ0v) is 13.2. The van der Waals surface area contributed by atoms with Gasteiger partial charge in [-0.1, -0.05) is 30.1 Å². The largest absolute Gasteiger partial charge is 0.395 e. The molecule has 0 bridgehead atoms. The van der Waals surface area contributed by atoms with Crippen LogP contribution in [0.4, 0.5) is 0 Å². The van der Waals surface area contributed by atoms with Crippen molar-refractivity contribution in [2.24, 2.45) is 0 Å². The van der Waals surface area contributed by atoms with Crippen LogP contribution in [0.2, 0.25) is 10.0 Å². The molecule has 0 unspecified atom stereocenters. The normalized spacial score (nSPS) is 12.1. The molecule has 0 radical (unpaired) electrons. The fourth-order valence-corrected chi connectivity index (χ4v) is 4.01. The second-order valence-corrected chi connectivity index (χ2v) is 6.88. The second-order valence-electron chi connectivity index (χ2n) is 4.16. The molecule has 4 nitrogen and oxygen atoms in total. The van der Waals surface area contributed by atoms with E-state index in [-0.39, 0.29) is 23.1 Å². The number of halogens is 2. The molecule has 0 aromatic heterocycles. The van der Waals surface area contributed by atoms with Gasteiger partial charge in [-0.2, -0.15) is 4.31 Å². The van der Waals surface area contributed by atoms with Gasteiger partial charge >= 0.3 is 0 Å². The molecule has 0 spiro atoms. The monoisotopic (exact) mass is 325 g/mol. The lowest BCUT2D eigenvalue weighted by atomic mass is 10.2. The van der Waals surface area contributed by atoms with E-state index in [1.807, 2.05) is 6.92 Å².